The summed E-state index contributed by atoms with van der Waals surface area (Å²) in [5, 5.41) is 0. The van der Waals surface area contributed by atoms with Crippen LogP contribution < -0.4 is 9.47 Å². The fraction of sp³-hybridized carbons (Fsp3) is 0.450. The van der Waals surface area contributed by atoms with Crippen molar-refractivity contribution in [2.45, 2.75) is 26.3 Å². The lowest BCUT2D eigenvalue weighted by Crippen LogP contribution is -2.32. The molecule has 0 bridgehead atoms. The number of likely N-dealkylation sites (tertiary alicyclic amines) is 1. The van der Waals surface area contributed by atoms with Crippen LogP contribution in [0.1, 0.15) is 25.3 Å². The number of piperidine rings is 1. The summed E-state index contributed by atoms with van der Waals surface area (Å²) in [4.78, 5) is 6.54. The Hall–Kier alpha value is -2.07. The molecule has 0 amide bonds. The quantitative estimate of drug-likeness (QED) is 0.841. The van der Waals surface area contributed by atoms with Crippen molar-refractivity contribution in [1.29, 1.82) is 0 Å². The summed E-state index contributed by atoms with van der Waals surface area (Å²) in [5.41, 5.74) is 1.45. The molecule has 1 saturated heterocycles. The van der Waals surface area contributed by atoms with Crippen molar-refractivity contribution in [2.75, 3.05) is 26.3 Å². The van der Waals surface area contributed by atoms with E-state index in [1.54, 1.807) is 6.20 Å². The minimum Gasteiger partial charge on any atom is -0.484 e. The second kappa shape index (κ2) is 8.69. The number of hydrogen-bond donors (Lipinski definition) is 0. The second-order valence-corrected chi connectivity index (χ2v) is 6.45. The zero-order valence-corrected chi connectivity index (χ0v) is 14.4. The van der Waals surface area contributed by atoms with E-state index in [1.807, 2.05) is 12.1 Å². The predicted molar refractivity (Wildman–Crippen MR) is 95.3 cm³/mol. The largest absolute Gasteiger partial charge is 0.484 e. The number of fused-ring (bicyclic) bond motifs is 1. The Kier molecular flexibility index (Phi) is 6.07. The maximum Gasteiger partial charge on any atom is 0.257 e. The topological polar surface area (TPSA) is 34.6 Å². The molecule has 1 fully saturated rings. The van der Waals surface area contributed by atoms with E-state index in [0.717, 1.165) is 18.2 Å². The van der Waals surface area contributed by atoms with Crippen LogP contribution in [-0.4, -0.2) is 36.2 Å². The minimum absolute atomic E-state index is 0.601. The van der Waals surface area contributed by atoms with E-state index in [0.29, 0.717) is 19.1 Å². The molecule has 0 saturated carbocycles. The number of ether oxygens (including phenoxy) is 2. The fourth-order valence-corrected chi connectivity index (χ4v) is 2.95. The molecule has 0 unspecified atom stereocenters. The fourth-order valence-electron chi connectivity index (χ4n) is 2.95. The van der Waals surface area contributed by atoms with Gasteiger partial charge in [0.2, 0.25) is 0 Å². The molecule has 2 aliphatic rings. The van der Waals surface area contributed by atoms with Gasteiger partial charge in [-0.3, -0.25) is 4.90 Å². The first kappa shape index (κ1) is 16.8. The van der Waals surface area contributed by atoms with Crippen LogP contribution >= 0.6 is 0 Å². The van der Waals surface area contributed by atoms with E-state index in [1.165, 1.54) is 31.5 Å². The van der Waals surface area contributed by atoms with Gasteiger partial charge in [-0.05, 0) is 49.5 Å². The van der Waals surface area contributed by atoms with Crippen LogP contribution in [-0.2, 0) is 6.54 Å². The molecule has 0 spiro atoms. The molecule has 2 aromatic rings. The third-order valence-corrected chi connectivity index (χ3v) is 4.44. The van der Waals surface area contributed by atoms with Gasteiger partial charge in [-0.15, -0.1) is 0 Å². The zero-order valence-electron chi connectivity index (χ0n) is 14.4. The molecule has 1 aromatic carbocycles. The molecule has 4 nitrogen and oxygen atoms in total. The first-order chi connectivity index (χ1) is 11.8. The molecule has 0 atom stereocenters. The number of rotatable bonds is 2. The van der Waals surface area contributed by atoms with Crippen LogP contribution in [0.5, 0.6) is 11.6 Å². The monoisotopic (exact) mass is 326 g/mol. The molecule has 0 N–H and O–H groups in total. The van der Waals surface area contributed by atoms with Crippen molar-refractivity contribution >= 4 is 0 Å². The third-order valence-electron chi connectivity index (χ3n) is 4.44. The van der Waals surface area contributed by atoms with Gasteiger partial charge >= 0.3 is 0 Å². The Morgan fingerprint density at radius 1 is 1.00 bits per heavy atom. The predicted octanol–water partition coefficient (Wildman–Crippen LogP) is 3.77. The van der Waals surface area contributed by atoms with E-state index in [9.17, 15) is 0 Å². The smallest absolute Gasteiger partial charge is 0.257 e. The Morgan fingerprint density at radius 3 is 2.50 bits per heavy atom. The van der Waals surface area contributed by atoms with Crippen molar-refractivity contribution in [3.63, 3.8) is 0 Å². The summed E-state index contributed by atoms with van der Waals surface area (Å²) >= 11 is 0. The molecule has 3 heterocycles. The average molecular weight is 326 g/mol. The zero-order chi connectivity index (χ0) is 16.6. The maximum atomic E-state index is 5.24. The highest BCUT2D eigenvalue weighted by atomic mass is 16.6. The summed E-state index contributed by atoms with van der Waals surface area (Å²) in [5.74, 6) is 2.28. The van der Waals surface area contributed by atoms with Crippen LogP contribution in [0, 0.1) is 5.92 Å². The van der Waals surface area contributed by atoms with Crippen molar-refractivity contribution in [2.24, 2.45) is 5.92 Å². The summed E-state index contributed by atoms with van der Waals surface area (Å²) in [6, 6.07) is 14.5. The second-order valence-electron chi connectivity index (χ2n) is 6.45. The highest BCUT2D eigenvalue weighted by Crippen LogP contribution is 2.25. The Bertz CT molecular complexity index is 585. The van der Waals surface area contributed by atoms with Gasteiger partial charge in [0.05, 0.1) is 0 Å². The molecule has 4 heteroatoms. The molecule has 0 aliphatic carbocycles. The van der Waals surface area contributed by atoms with E-state index >= 15 is 0 Å². The van der Waals surface area contributed by atoms with E-state index in [4.69, 9.17) is 9.47 Å². The van der Waals surface area contributed by atoms with Gasteiger partial charge in [-0.1, -0.05) is 37.3 Å². The van der Waals surface area contributed by atoms with Gasteiger partial charge < -0.3 is 9.47 Å². The van der Waals surface area contributed by atoms with Gasteiger partial charge in [-0.25, -0.2) is 4.98 Å². The summed E-state index contributed by atoms with van der Waals surface area (Å²) in [7, 11) is 0. The van der Waals surface area contributed by atoms with Gasteiger partial charge in [0.15, 0.2) is 5.75 Å². The van der Waals surface area contributed by atoms with Crippen LogP contribution in [0.4, 0.5) is 0 Å². The van der Waals surface area contributed by atoms with Crippen LogP contribution in [0.3, 0.4) is 0 Å². The van der Waals surface area contributed by atoms with Crippen LogP contribution in [0.2, 0.25) is 0 Å². The SMILES string of the molecule is CC1CCN(Cc2ccccc2)CC1.c1cnc2c(c1)OCCO2. The van der Waals surface area contributed by atoms with E-state index < -0.39 is 0 Å². The average Bonchev–Trinajstić information content (AvgIpc) is 2.65. The first-order valence-electron chi connectivity index (χ1n) is 8.78. The molecule has 128 valence electrons. The van der Waals surface area contributed by atoms with E-state index in [2.05, 4.69) is 47.1 Å². The lowest BCUT2D eigenvalue weighted by atomic mass is 9.99. The lowest BCUT2D eigenvalue weighted by molar-refractivity contribution is 0.164. The van der Waals surface area contributed by atoms with Crippen molar-refractivity contribution in [3.05, 3.63) is 54.2 Å². The number of aromatic nitrogens is 1. The highest BCUT2D eigenvalue weighted by Gasteiger charge is 2.15. The number of nitrogens with zero attached hydrogens (tertiary/aromatic N) is 2. The standard InChI is InChI=1S/C13H19N.C7H7NO2/c1-12-7-9-14(10-8-12)11-13-5-3-2-4-6-13;1-2-6-7(8-3-1)10-5-4-9-6/h2-6,12H,7-11H2,1H3;1-3H,4-5H2. The van der Waals surface area contributed by atoms with Crippen LogP contribution in [0.25, 0.3) is 0 Å². The number of hydrogen-bond acceptors (Lipinski definition) is 4. The van der Waals surface area contributed by atoms with Gasteiger partial charge in [-0.2, -0.15) is 0 Å². The molecular weight excluding hydrogens is 300 g/mol. The Morgan fingerprint density at radius 2 is 1.75 bits per heavy atom. The van der Waals surface area contributed by atoms with Crippen LogP contribution in [0.15, 0.2) is 48.7 Å². The molecule has 1 aromatic heterocycles. The summed E-state index contributed by atoms with van der Waals surface area (Å²) in [6.45, 7) is 7.27. The van der Waals surface area contributed by atoms with Crippen molar-refractivity contribution in [3.8, 4) is 11.6 Å². The molecule has 24 heavy (non-hydrogen) atoms. The minimum atomic E-state index is 0.601. The normalized spacial score (nSPS) is 17.7. The van der Waals surface area contributed by atoms with Gasteiger partial charge in [0.25, 0.3) is 5.88 Å². The summed E-state index contributed by atoms with van der Waals surface area (Å²) < 4.78 is 10.4. The lowest BCUT2D eigenvalue weighted by Gasteiger charge is -2.30. The third kappa shape index (κ3) is 4.96. The maximum absolute atomic E-state index is 5.24. The Balaban J connectivity index is 0.000000149. The van der Waals surface area contributed by atoms with Gasteiger partial charge in [0.1, 0.15) is 13.2 Å². The first-order valence-corrected chi connectivity index (χ1v) is 8.78. The molecule has 4 rings (SSSR count). The Labute approximate surface area is 144 Å². The summed E-state index contributed by atoms with van der Waals surface area (Å²) in [6.07, 6.45) is 4.42. The molecule has 2 aliphatic heterocycles. The number of benzene rings is 1. The van der Waals surface area contributed by atoms with Crippen molar-refractivity contribution < 1.29 is 9.47 Å². The molecular formula is C20H26N2O2. The van der Waals surface area contributed by atoms with Crippen molar-refractivity contribution in [1.82, 2.24) is 9.88 Å². The van der Waals surface area contributed by atoms with Gasteiger partial charge in [0, 0.05) is 12.7 Å². The molecule has 0 radical (unpaired) electrons. The van der Waals surface area contributed by atoms with E-state index in [-0.39, 0.29) is 0 Å². The highest BCUT2D eigenvalue weighted by molar-refractivity contribution is 5.33. The number of pyridine rings is 1.